The van der Waals surface area contributed by atoms with Gasteiger partial charge in [-0.15, -0.1) is 16.4 Å². The molecule has 0 radical (unpaired) electrons. The predicted molar refractivity (Wildman–Crippen MR) is 111 cm³/mol. The number of piperidine rings is 1. The fourth-order valence-electron chi connectivity index (χ4n) is 4.36. The SMILES string of the molecule is O=C(c1cn(C2CCCN(Cc3cc4ccccc4s3)C2)nn1)N1CCCC1. The van der Waals surface area contributed by atoms with E-state index >= 15 is 0 Å². The van der Waals surface area contributed by atoms with Gasteiger partial charge in [0.15, 0.2) is 5.69 Å². The zero-order valence-electron chi connectivity index (χ0n) is 16.0. The smallest absolute Gasteiger partial charge is 0.276 e. The monoisotopic (exact) mass is 395 g/mol. The van der Waals surface area contributed by atoms with Crippen LogP contribution in [0, 0.1) is 0 Å². The first-order valence-corrected chi connectivity index (χ1v) is 11.0. The van der Waals surface area contributed by atoms with Crippen molar-refractivity contribution in [1.29, 1.82) is 0 Å². The highest BCUT2D eigenvalue weighted by molar-refractivity contribution is 7.19. The second-order valence-corrected chi connectivity index (χ2v) is 9.03. The molecule has 28 heavy (non-hydrogen) atoms. The van der Waals surface area contributed by atoms with Crippen LogP contribution in [0.15, 0.2) is 36.5 Å². The summed E-state index contributed by atoms with van der Waals surface area (Å²) < 4.78 is 3.27. The minimum Gasteiger partial charge on any atom is -0.337 e. The summed E-state index contributed by atoms with van der Waals surface area (Å²) in [4.78, 5) is 18.3. The largest absolute Gasteiger partial charge is 0.337 e. The molecule has 0 spiro atoms. The first-order valence-electron chi connectivity index (χ1n) is 10.2. The van der Waals surface area contributed by atoms with Crippen molar-refractivity contribution in [3.05, 3.63) is 47.1 Å². The molecule has 3 aromatic rings. The number of carbonyl (C=O) groups is 1. The summed E-state index contributed by atoms with van der Waals surface area (Å²) in [6.45, 7) is 4.73. The topological polar surface area (TPSA) is 54.3 Å². The van der Waals surface area contributed by atoms with Crippen LogP contribution >= 0.6 is 11.3 Å². The van der Waals surface area contributed by atoms with Crippen LogP contribution in [0.1, 0.15) is 47.1 Å². The number of thiophene rings is 1. The molecule has 7 heteroatoms. The van der Waals surface area contributed by atoms with Crippen molar-refractivity contribution in [3.8, 4) is 0 Å². The maximum absolute atomic E-state index is 12.5. The van der Waals surface area contributed by atoms with Gasteiger partial charge in [-0.2, -0.15) is 0 Å². The van der Waals surface area contributed by atoms with Crippen LogP contribution in [0.3, 0.4) is 0 Å². The second kappa shape index (κ2) is 7.64. The van der Waals surface area contributed by atoms with E-state index in [4.69, 9.17) is 0 Å². The van der Waals surface area contributed by atoms with Crippen LogP contribution in [0.2, 0.25) is 0 Å². The van der Waals surface area contributed by atoms with Gasteiger partial charge in [0.1, 0.15) is 0 Å². The molecule has 0 saturated carbocycles. The maximum atomic E-state index is 12.5. The molecule has 1 atom stereocenters. The van der Waals surface area contributed by atoms with Crippen molar-refractivity contribution in [1.82, 2.24) is 24.8 Å². The normalized spacial score (nSPS) is 20.9. The highest BCUT2D eigenvalue weighted by atomic mass is 32.1. The Bertz CT molecular complexity index is 941. The van der Waals surface area contributed by atoms with E-state index in [1.54, 1.807) is 0 Å². The van der Waals surface area contributed by atoms with Gasteiger partial charge in [-0.25, -0.2) is 4.68 Å². The van der Waals surface area contributed by atoms with Gasteiger partial charge >= 0.3 is 0 Å². The Balaban J connectivity index is 1.26. The van der Waals surface area contributed by atoms with Crippen LogP contribution in [0.4, 0.5) is 0 Å². The summed E-state index contributed by atoms with van der Waals surface area (Å²) in [5.41, 5.74) is 0.489. The number of carbonyl (C=O) groups excluding carboxylic acids is 1. The molecule has 1 aromatic carbocycles. The summed E-state index contributed by atoms with van der Waals surface area (Å²) in [5, 5.41) is 9.81. The molecule has 4 heterocycles. The van der Waals surface area contributed by atoms with Gasteiger partial charge in [0, 0.05) is 35.8 Å². The lowest BCUT2D eigenvalue weighted by atomic mass is 10.1. The number of amides is 1. The molecule has 2 aliphatic heterocycles. The number of nitrogens with zero attached hydrogens (tertiary/aromatic N) is 5. The molecular formula is C21H25N5OS. The molecule has 2 saturated heterocycles. The van der Waals surface area contributed by atoms with Gasteiger partial charge in [-0.1, -0.05) is 23.4 Å². The van der Waals surface area contributed by atoms with Crippen LogP contribution in [-0.2, 0) is 6.54 Å². The lowest BCUT2D eigenvalue weighted by molar-refractivity contribution is 0.0787. The van der Waals surface area contributed by atoms with Crippen LogP contribution in [-0.4, -0.2) is 56.9 Å². The molecule has 0 N–H and O–H groups in total. The van der Waals surface area contributed by atoms with Crippen molar-refractivity contribution in [2.45, 2.75) is 38.3 Å². The van der Waals surface area contributed by atoms with E-state index < -0.39 is 0 Å². The van der Waals surface area contributed by atoms with Crippen molar-refractivity contribution in [3.63, 3.8) is 0 Å². The van der Waals surface area contributed by atoms with Crippen molar-refractivity contribution in [2.24, 2.45) is 0 Å². The van der Waals surface area contributed by atoms with Gasteiger partial charge in [-0.05, 0) is 49.7 Å². The molecule has 2 aromatic heterocycles. The van der Waals surface area contributed by atoms with Gasteiger partial charge < -0.3 is 4.90 Å². The molecule has 0 bridgehead atoms. The molecular weight excluding hydrogens is 370 g/mol. The standard InChI is InChI=1S/C21H25N5OS/c27-21(25-10-3-4-11-25)19-15-26(23-22-19)17-7-5-9-24(13-17)14-18-12-16-6-1-2-8-20(16)28-18/h1-2,6,8,12,15,17H,3-5,7,9-11,13-14H2. The highest BCUT2D eigenvalue weighted by Crippen LogP contribution is 2.28. The Morgan fingerprint density at radius 1 is 1.14 bits per heavy atom. The van der Waals surface area contributed by atoms with Crippen molar-refractivity contribution < 1.29 is 4.79 Å². The number of hydrogen-bond acceptors (Lipinski definition) is 5. The molecule has 1 unspecified atom stereocenters. The Kier molecular flexibility index (Phi) is 4.86. The number of likely N-dealkylation sites (tertiary alicyclic amines) is 2. The average Bonchev–Trinajstić information content (AvgIpc) is 3.47. The summed E-state index contributed by atoms with van der Waals surface area (Å²) in [5.74, 6) is 0.0293. The molecule has 1 amide bonds. The molecule has 0 aliphatic carbocycles. The third kappa shape index (κ3) is 3.56. The zero-order valence-corrected chi connectivity index (χ0v) is 16.8. The molecule has 2 fully saturated rings. The minimum absolute atomic E-state index is 0.0293. The second-order valence-electron chi connectivity index (χ2n) is 7.86. The van der Waals surface area contributed by atoms with Gasteiger partial charge in [0.25, 0.3) is 5.91 Å². The van der Waals surface area contributed by atoms with Crippen LogP contribution < -0.4 is 0 Å². The third-order valence-corrected chi connectivity index (χ3v) is 6.93. The Hall–Kier alpha value is -2.25. The summed E-state index contributed by atoms with van der Waals surface area (Å²) in [6, 6.07) is 11.2. The highest BCUT2D eigenvalue weighted by Gasteiger charge is 2.26. The van der Waals surface area contributed by atoms with Gasteiger partial charge in [0.2, 0.25) is 0 Å². The van der Waals surface area contributed by atoms with E-state index in [9.17, 15) is 4.79 Å². The van der Waals surface area contributed by atoms with Crippen molar-refractivity contribution >= 4 is 27.3 Å². The predicted octanol–water partition coefficient (Wildman–Crippen LogP) is 3.57. The maximum Gasteiger partial charge on any atom is 0.276 e. The third-order valence-electron chi connectivity index (χ3n) is 5.83. The first kappa shape index (κ1) is 17.8. The minimum atomic E-state index is 0.0293. The first-order chi connectivity index (χ1) is 13.8. The number of rotatable bonds is 4. The van der Waals surface area contributed by atoms with E-state index in [1.165, 1.54) is 15.0 Å². The number of benzene rings is 1. The van der Waals surface area contributed by atoms with E-state index in [2.05, 4.69) is 45.5 Å². The molecule has 6 nitrogen and oxygen atoms in total. The van der Waals surface area contributed by atoms with Crippen molar-refractivity contribution in [2.75, 3.05) is 26.2 Å². The Labute approximate surface area is 168 Å². The molecule has 5 rings (SSSR count). The zero-order chi connectivity index (χ0) is 18.9. The number of fused-ring (bicyclic) bond motifs is 1. The van der Waals surface area contributed by atoms with E-state index in [0.29, 0.717) is 5.69 Å². The van der Waals surface area contributed by atoms with Gasteiger partial charge in [-0.3, -0.25) is 9.69 Å². The number of hydrogen-bond donors (Lipinski definition) is 0. The quantitative estimate of drug-likeness (QED) is 0.678. The Morgan fingerprint density at radius 2 is 2.00 bits per heavy atom. The van der Waals surface area contributed by atoms with E-state index in [1.807, 2.05) is 27.1 Å². The number of aromatic nitrogens is 3. The van der Waals surface area contributed by atoms with E-state index in [-0.39, 0.29) is 11.9 Å². The Morgan fingerprint density at radius 3 is 2.86 bits per heavy atom. The lowest BCUT2D eigenvalue weighted by Gasteiger charge is -2.32. The fraction of sp³-hybridized carbons (Fsp3) is 0.476. The van der Waals surface area contributed by atoms with E-state index in [0.717, 1.165) is 58.4 Å². The van der Waals surface area contributed by atoms with Gasteiger partial charge in [0.05, 0.1) is 12.2 Å². The molecule has 2 aliphatic rings. The average molecular weight is 396 g/mol. The fourth-order valence-corrected chi connectivity index (χ4v) is 5.47. The molecule has 146 valence electrons. The van der Waals surface area contributed by atoms with Crippen LogP contribution in [0.25, 0.3) is 10.1 Å². The summed E-state index contributed by atoms with van der Waals surface area (Å²) in [6.07, 6.45) is 6.27. The summed E-state index contributed by atoms with van der Waals surface area (Å²) in [7, 11) is 0. The summed E-state index contributed by atoms with van der Waals surface area (Å²) >= 11 is 1.88. The lowest BCUT2D eigenvalue weighted by Crippen LogP contribution is -2.36. The van der Waals surface area contributed by atoms with Crippen LogP contribution in [0.5, 0.6) is 0 Å².